The van der Waals surface area contributed by atoms with Crippen LogP contribution in [0.15, 0.2) is 5.38 Å². The summed E-state index contributed by atoms with van der Waals surface area (Å²) in [6.07, 6.45) is 2.14. The summed E-state index contributed by atoms with van der Waals surface area (Å²) in [5, 5.41) is 16.2. The van der Waals surface area contributed by atoms with Crippen LogP contribution in [-0.2, 0) is 4.74 Å². The molecule has 2 unspecified atom stereocenters. The lowest BCUT2D eigenvalue weighted by atomic mass is 10.3. The summed E-state index contributed by atoms with van der Waals surface area (Å²) in [5.41, 5.74) is 1.05. The first kappa shape index (κ1) is 13.9. The Labute approximate surface area is 112 Å². The van der Waals surface area contributed by atoms with Crippen LogP contribution < -0.4 is 5.32 Å². The van der Waals surface area contributed by atoms with Crippen LogP contribution in [0.5, 0.6) is 0 Å². The van der Waals surface area contributed by atoms with Gasteiger partial charge in [0.15, 0.2) is 0 Å². The summed E-state index contributed by atoms with van der Waals surface area (Å²) < 4.78 is 5.46. The first-order valence-electron chi connectivity index (χ1n) is 6.56. The summed E-state index contributed by atoms with van der Waals surface area (Å²) in [6, 6.07) is 0.182. The maximum absolute atomic E-state index is 9.78. The maximum Gasteiger partial charge on any atom is 0.110 e. The molecule has 1 aromatic rings. The predicted octanol–water partition coefficient (Wildman–Crippen LogP) is 1.89. The molecule has 2 rings (SSSR count). The van der Waals surface area contributed by atoms with Crippen LogP contribution in [0.4, 0.5) is 0 Å². The van der Waals surface area contributed by atoms with Crippen molar-refractivity contribution in [3.8, 4) is 0 Å². The highest BCUT2D eigenvalue weighted by Crippen LogP contribution is 2.28. The average Bonchev–Trinajstić information content (AvgIpc) is 3.06. The Bertz CT molecular complexity index is 366. The Kier molecular flexibility index (Phi) is 5.12. The molecular weight excluding hydrogens is 248 g/mol. The molecule has 4 nitrogen and oxygen atoms in total. The summed E-state index contributed by atoms with van der Waals surface area (Å²) in [7, 11) is 0. The third-order valence-electron chi connectivity index (χ3n) is 3.03. The SMILES string of the molecule is Cc1csc(C(C)NCC(O)COCC2CC2)n1. The monoisotopic (exact) mass is 270 g/mol. The first-order chi connectivity index (χ1) is 8.65. The van der Waals surface area contributed by atoms with Crippen LogP contribution in [0.3, 0.4) is 0 Å². The van der Waals surface area contributed by atoms with Crippen LogP contribution >= 0.6 is 11.3 Å². The molecular formula is C13H22N2O2S. The molecule has 1 aromatic heterocycles. The second-order valence-electron chi connectivity index (χ2n) is 5.09. The third-order valence-corrected chi connectivity index (χ3v) is 4.17. The fourth-order valence-electron chi connectivity index (χ4n) is 1.69. The fourth-order valence-corrected chi connectivity index (χ4v) is 2.51. The number of thiazole rings is 1. The summed E-state index contributed by atoms with van der Waals surface area (Å²) in [6.45, 7) is 5.83. The highest BCUT2D eigenvalue weighted by Gasteiger charge is 2.21. The van der Waals surface area contributed by atoms with Gasteiger partial charge in [0.25, 0.3) is 0 Å². The van der Waals surface area contributed by atoms with Crippen molar-refractivity contribution in [3.63, 3.8) is 0 Å². The van der Waals surface area contributed by atoms with Gasteiger partial charge in [0.2, 0.25) is 0 Å². The number of rotatable bonds is 8. The van der Waals surface area contributed by atoms with E-state index < -0.39 is 6.10 Å². The molecule has 2 atom stereocenters. The highest BCUT2D eigenvalue weighted by atomic mass is 32.1. The van der Waals surface area contributed by atoms with E-state index in [1.165, 1.54) is 12.8 Å². The number of ether oxygens (including phenoxy) is 1. The van der Waals surface area contributed by atoms with Crippen molar-refractivity contribution in [3.05, 3.63) is 16.1 Å². The Hall–Kier alpha value is -0.490. The van der Waals surface area contributed by atoms with Crippen molar-refractivity contribution in [2.24, 2.45) is 5.92 Å². The van der Waals surface area contributed by atoms with E-state index in [2.05, 4.69) is 17.2 Å². The topological polar surface area (TPSA) is 54.4 Å². The molecule has 2 N–H and O–H groups in total. The average molecular weight is 270 g/mol. The molecule has 1 aliphatic carbocycles. The molecule has 1 fully saturated rings. The van der Waals surface area contributed by atoms with Crippen LogP contribution in [0.25, 0.3) is 0 Å². The molecule has 1 aliphatic rings. The number of hydrogen-bond donors (Lipinski definition) is 2. The van der Waals surface area contributed by atoms with Gasteiger partial charge in [-0.05, 0) is 32.6 Å². The molecule has 0 amide bonds. The van der Waals surface area contributed by atoms with Gasteiger partial charge < -0.3 is 15.2 Å². The lowest BCUT2D eigenvalue weighted by molar-refractivity contribution is 0.0315. The lowest BCUT2D eigenvalue weighted by Gasteiger charge is -2.15. The second-order valence-corrected chi connectivity index (χ2v) is 5.98. The standard InChI is InChI=1S/C13H22N2O2S/c1-9-8-18-13(15-9)10(2)14-5-12(16)7-17-6-11-3-4-11/h8,10-12,14,16H,3-7H2,1-2H3. The Morgan fingerprint density at radius 1 is 1.61 bits per heavy atom. The van der Waals surface area contributed by atoms with Gasteiger partial charge in [-0.3, -0.25) is 0 Å². The van der Waals surface area contributed by atoms with E-state index >= 15 is 0 Å². The van der Waals surface area contributed by atoms with E-state index in [1.807, 2.05) is 12.3 Å². The number of aryl methyl sites for hydroxylation is 1. The number of hydrogen-bond acceptors (Lipinski definition) is 5. The van der Waals surface area contributed by atoms with Crippen molar-refractivity contribution < 1.29 is 9.84 Å². The van der Waals surface area contributed by atoms with Gasteiger partial charge in [0.05, 0.1) is 18.8 Å². The second kappa shape index (κ2) is 6.61. The minimum absolute atomic E-state index is 0.182. The molecule has 102 valence electrons. The zero-order chi connectivity index (χ0) is 13.0. The van der Waals surface area contributed by atoms with Crippen LogP contribution in [-0.4, -0.2) is 36.0 Å². The largest absolute Gasteiger partial charge is 0.389 e. The number of aliphatic hydroxyl groups excluding tert-OH is 1. The van der Waals surface area contributed by atoms with Crippen molar-refractivity contribution in [1.82, 2.24) is 10.3 Å². The number of aliphatic hydroxyl groups is 1. The maximum atomic E-state index is 9.78. The molecule has 0 spiro atoms. The predicted molar refractivity (Wildman–Crippen MR) is 72.8 cm³/mol. The van der Waals surface area contributed by atoms with Crippen molar-refractivity contribution >= 4 is 11.3 Å². The van der Waals surface area contributed by atoms with Gasteiger partial charge in [0, 0.05) is 24.2 Å². The highest BCUT2D eigenvalue weighted by molar-refractivity contribution is 7.09. The molecule has 18 heavy (non-hydrogen) atoms. The Balaban J connectivity index is 1.60. The van der Waals surface area contributed by atoms with Crippen LogP contribution in [0.1, 0.15) is 36.5 Å². The first-order valence-corrected chi connectivity index (χ1v) is 7.44. The number of nitrogens with zero attached hydrogens (tertiary/aromatic N) is 1. The molecule has 0 aliphatic heterocycles. The van der Waals surface area contributed by atoms with Gasteiger partial charge in [-0.1, -0.05) is 0 Å². The Morgan fingerprint density at radius 2 is 2.39 bits per heavy atom. The van der Waals surface area contributed by atoms with Gasteiger partial charge in [-0.2, -0.15) is 0 Å². The minimum Gasteiger partial charge on any atom is -0.389 e. The van der Waals surface area contributed by atoms with Crippen molar-refractivity contribution in [1.29, 1.82) is 0 Å². The number of aromatic nitrogens is 1. The summed E-state index contributed by atoms with van der Waals surface area (Å²) >= 11 is 1.65. The molecule has 1 heterocycles. The molecule has 0 aromatic carbocycles. The molecule has 5 heteroatoms. The fraction of sp³-hybridized carbons (Fsp3) is 0.769. The van der Waals surface area contributed by atoms with E-state index in [4.69, 9.17) is 4.74 Å². The summed E-state index contributed by atoms with van der Waals surface area (Å²) in [4.78, 5) is 4.43. The Morgan fingerprint density at radius 3 is 3.00 bits per heavy atom. The third kappa shape index (κ3) is 4.65. The summed E-state index contributed by atoms with van der Waals surface area (Å²) in [5.74, 6) is 0.752. The van der Waals surface area contributed by atoms with Crippen molar-refractivity contribution in [2.75, 3.05) is 19.8 Å². The quantitative estimate of drug-likeness (QED) is 0.757. The minimum atomic E-state index is -0.438. The molecule has 1 saturated carbocycles. The van der Waals surface area contributed by atoms with Gasteiger partial charge in [-0.15, -0.1) is 11.3 Å². The van der Waals surface area contributed by atoms with E-state index in [0.717, 1.165) is 23.2 Å². The smallest absolute Gasteiger partial charge is 0.110 e. The van der Waals surface area contributed by atoms with E-state index in [9.17, 15) is 5.11 Å². The van der Waals surface area contributed by atoms with E-state index in [1.54, 1.807) is 11.3 Å². The zero-order valence-corrected chi connectivity index (χ0v) is 11.9. The van der Waals surface area contributed by atoms with Crippen LogP contribution in [0, 0.1) is 12.8 Å². The zero-order valence-electron chi connectivity index (χ0n) is 11.1. The lowest BCUT2D eigenvalue weighted by Crippen LogP contribution is -2.32. The van der Waals surface area contributed by atoms with Gasteiger partial charge in [0.1, 0.15) is 5.01 Å². The molecule has 0 radical (unpaired) electrons. The van der Waals surface area contributed by atoms with Gasteiger partial charge >= 0.3 is 0 Å². The number of nitrogens with one attached hydrogen (secondary N) is 1. The van der Waals surface area contributed by atoms with Crippen LogP contribution in [0.2, 0.25) is 0 Å². The van der Waals surface area contributed by atoms with Gasteiger partial charge in [-0.25, -0.2) is 4.98 Å². The van der Waals surface area contributed by atoms with E-state index in [-0.39, 0.29) is 6.04 Å². The normalized spacial score (nSPS) is 18.8. The molecule has 0 saturated heterocycles. The van der Waals surface area contributed by atoms with Crippen molar-refractivity contribution in [2.45, 2.75) is 38.8 Å². The molecule has 0 bridgehead atoms. The van der Waals surface area contributed by atoms with E-state index in [0.29, 0.717) is 13.2 Å².